The molecular formula is C21H27NO6. The molecule has 5 atom stereocenters. The monoisotopic (exact) mass is 389 g/mol. The largest absolute Gasteiger partial charge is 0.504 e. The van der Waals surface area contributed by atoms with Crippen LogP contribution in [0, 0.1) is 6.92 Å². The Bertz CT molecular complexity index is 865. The van der Waals surface area contributed by atoms with Gasteiger partial charge in [-0.25, -0.2) is 4.79 Å². The van der Waals surface area contributed by atoms with Crippen molar-refractivity contribution in [3.05, 3.63) is 35.1 Å². The first kappa shape index (κ1) is 19.2. The van der Waals surface area contributed by atoms with Crippen molar-refractivity contribution in [3.8, 4) is 11.5 Å². The summed E-state index contributed by atoms with van der Waals surface area (Å²) in [5, 5.41) is 32.0. The average Bonchev–Trinajstić information content (AvgIpc) is 3.02. The van der Waals surface area contributed by atoms with Crippen LogP contribution >= 0.6 is 0 Å². The number of aliphatic hydroxyl groups is 2. The van der Waals surface area contributed by atoms with E-state index in [1.807, 2.05) is 27.0 Å². The van der Waals surface area contributed by atoms with E-state index in [2.05, 4.69) is 4.90 Å². The van der Waals surface area contributed by atoms with Gasteiger partial charge in [-0.2, -0.15) is 0 Å². The quantitative estimate of drug-likeness (QED) is 0.657. The average molecular weight is 389 g/mol. The van der Waals surface area contributed by atoms with Crippen LogP contribution in [0.15, 0.2) is 24.0 Å². The lowest BCUT2D eigenvalue weighted by Gasteiger charge is -2.58. The zero-order chi connectivity index (χ0) is 20.4. The molecule has 0 bridgehead atoms. The molecule has 0 aromatic heterocycles. The van der Waals surface area contributed by atoms with Gasteiger partial charge in [0.1, 0.15) is 11.9 Å². The predicted octanol–water partition coefficient (Wildman–Crippen LogP) is 1.37. The first-order valence-electron chi connectivity index (χ1n) is 9.65. The summed E-state index contributed by atoms with van der Waals surface area (Å²) in [5.74, 6) is -0.156. The van der Waals surface area contributed by atoms with Crippen LogP contribution in [-0.2, 0) is 14.9 Å². The number of hydrogen-bond donors (Lipinski definition) is 3. The molecule has 2 heterocycles. The summed E-state index contributed by atoms with van der Waals surface area (Å²) in [6.45, 7) is 5.97. The van der Waals surface area contributed by atoms with Crippen LogP contribution in [0.25, 0.3) is 0 Å². The number of carbonyl (C=O) groups is 1. The number of likely N-dealkylation sites (N-methyl/N-ethyl adjacent to an activating group) is 1. The highest BCUT2D eigenvalue weighted by Gasteiger charge is 2.69. The van der Waals surface area contributed by atoms with E-state index in [1.54, 1.807) is 12.1 Å². The molecule has 0 saturated carbocycles. The lowest BCUT2D eigenvalue weighted by atomic mass is 9.54. The van der Waals surface area contributed by atoms with Crippen LogP contribution in [0.4, 0.5) is 0 Å². The number of aryl methyl sites for hydroxylation is 1. The number of esters is 1. The van der Waals surface area contributed by atoms with Gasteiger partial charge >= 0.3 is 5.97 Å². The molecule has 152 valence electrons. The number of phenolic OH excluding ortho intramolecular Hbond substituents is 1. The molecule has 1 aliphatic carbocycles. The van der Waals surface area contributed by atoms with E-state index in [4.69, 9.17) is 9.47 Å². The molecule has 0 radical (unpaired) electrons. The number of piperidine rings is 1. The Balaban J connectivity index is 1.92. The first-order chi connectivity index (χ1) is 13.1. The van der Waals surface area contributed by atoms with Gasteiger partial charge in [-0.05, 0) is 58.5 Å². The highest BCUT2D eigenvalue weighted by atomic mass is 16.6. The lowest BCUT2D eigenvalue weighted by molar-refractivity contribution is -0.165. The molecule has 1 aromatic carbocycles. The number of carbonyl (C=O) groups excluding carboxylic acids is 1. The van der Waals surface area contributed by atoms with Crippen LogP contribution in [0.5, 0.6) is 11.5 Å². The first-order valence-corrected chi connectivity index (χ1v) is 9.65. The van der Waals surface area contributed by atoms with E-state index in [9.17, 15) is 20.1 Å². The summed E-state index contributed by atoms with van der Waals surface area (Å²) in [5.41, 5.74) is -0.345. The normalized spacial score (nSPS) is 35.1. The Morgan fingerprint density at radius 1 is 1.43 bits per heavy atom. The van der Waals surface area contributed by atoms with E-state index in [0.717, 1.165) is 17.7 Å². The summed E-state index contributed by atoms with van der Waals surface area (Å²) in [4.78, 5) is 14.2. The maximum absolute atomic E-state index is 12.1. The minimum atomic E-state index is -1.27. The van der Waals surface area contributed by atoms with Crippen molar-refractivity contribution in [2.75, 3.05) is 13.6 Å². The molecule has 0 unspecified atom stereocenters. The van der Waals surface area contributed by atoms with Gasteiger partial charge in [-0.1, -0.05) is 6.07 Å². The molecule has 4 rings (SSSR count). The number of likely N-dealkylation sites (tertiary alicyclic amines) is 1. The smallest absolute Gasteiger partial charge is 0.339 e. The van der Waals surface area contributed by atoms with Gasteiger partial charge in [0.15, 0.2) is 17.6 Å². The van der Waals surface area contributed by atoms with E-state index in [0.29, 0.717) is 12.2 Å². The van der Waals surface area contributed by atoms with Crippen LogP contribution in [0.3, 0.4) is 0 Å². The Hall–Kier alpha value is -2.09. The third-order valence-electron chi connectivity index (χ3n) is 6.89. The van der Waals surface area contributed by atoms with E-state index in [1.165, 1.54) is 6.92 Å². The Morgan fingerprint density at radius 3 is 2.82 bits per heavy atom. The van der Waals surface area contributed by atoms with E-state index in [-0.39, 0.29) is 24.0 Å². The van der Waals surface area contributed by atoms with Crippen molar-refractivity contribution in [2.24, 2.45) is 0 Å². The van der Waals surface area contributed by atoms with Crippen molar-refractivity contribution in [1.29, 1.82) is 0 Å². The highest BCUT2D eigenvalue weighted by Crippen LogP contribution is 2.62. The van der Waals surface area contributed by atoms with Crippen LogP contribution < -0.4 is 4.74 Å². The standard InChI is InChI=1S/C21H27NO6/c1-11-5-6-14(24)17-16(11)20-9-10-22(4)13(3)21(20,26)8-7-15(18(20)28-17)27-19(25)12(2)23/h5-7,12-13,18,23-24,26H,8-10H2,1-4H3/t12-,13+,18-,20-,21+/m0/s1. The minimum Gasteiger partial charge on any atom is -0.504 e. The lowest BCUT2D eigenvalue weighted by Crippen LogP contribution is -2.71. The zero-order valence-corrected chi connectivity index (χ0v) is 16.6. The predicted molar refractivity (Wildman–Crippen MR) is 101 cm³/mol. The summed E-state index contributed by atoms with van der Waals surface area (Å²) in [6, 6.07) is 3.22. The third kappa shape index (κ3) is 2.30. The molecule has 7 nitrogen and oxygen atoms in total. The highest BCUT2D eigenvalue weighted by molar-refractivity contribution is 5.75. The Morgan fingerprint density at radius 2 is 2.14 bits per heavy atom. The second-order valence-electron chi connectivity index (χ2n) is 8.31. The van der Waals surface area contributed by atoms with Gasteiger partial charge in [-0.15, -0.1) is 0 Å². The third-order valence-corrected chi connectivity index (χ3v) is 6.89. The van der Waals surface area contributed by atoms with Crippen LogP contribution in [0.2, 0.25) is 0 Å². The van der Waals surface area contributed by atoms with Gasteiger partial charge in [0.25, 0.3) is 0 Å². The summed E-state index contributed by atoms with van der Waals surface area (Å²) in [6.07, 6.45) is 0.502. The molecule has 28 heavy (non-hydrogen) atoms. The summed E-state index contributed by atoms with van der Waals surface area (Å²) < 4.78 is 11.6. The number of ether oxygens (including phenoxy) is 2. The number of aliphatic hydroxyl groups excluding tert-OH is 1. The van der Waals surface area contributed by atoms with Crippen molar-refractivity contribution in [3.63, 3.8) is 0 Å². The zero-order valence-electron chi connectivity index (χ0n) is 16.6. The van der Waals surface area contributed by atoms with Gasteiger partial charge in [0, 0.05) is 18.0 Å². The van der Waals surface area contributed by atoms with Crippen molar-refractivity contribution >= 4 is 5.97 Å². The van der Waals surface area contributed by atoms with Crippen LogP contribution in [0.1, 0.15) is 37.8 Å². The summed E-state index contributed by atoms with van der Waals surface area (Å²) in [7, 11) is 1.98. The van der Waals surface area contributed by atoms with Gasteiger partial charge in [0.2, 0.25) is 0 Å². The van der Waals surface area contributed by atoms with Crippen molar-refractivity contribution in [1.82, 2.24) is 4.90 Å². The van der Waals surface area contributed by atoms with Crippen LogP contribution in [-0.4, -0.2) is 63.6 Å². The molecule has 1 aromatic rings. The number of rotatable bonds is 2. The molecule has 0 amide bonds. The number of nitrogens with zero attached hydrogens (tertiary/aromatic N) is 1. The molecule has 1 fully saturated rings. The molecule has 1 saturated heterocycles. The van der Waals surface area contributed by atoms with E-state index >= 15 is 0 Å². The molecule has 3 aliphatic rings. The molecule has 2 aliphatic heterocycles. The van der Waals surface area contributed by atoms with Gasteiger partial charge < -0.3 is 29.7 Å². The second kappa shape index (κ2) is 6.20. The maximum atomic E-state index is 12.1. The number of aromatic hydroxyl groups is 1. The molecular weight excluding hydrogens is 362 g/mol. The van der Waals surface area contributed by atoms with Crippen molar-refractivity contribution in [2.45, 2.75) is 62.9 Å². The fourth-order valence-electron chi connectivity index (χ4n) is 5.21. The Labute approximate surface area is 164 Å². The topological polar surface area (TPSA) is 99.5 Å². The molecule has 1 spiro atoms. The fourth-order valence-corrected chi connectivity index (χ4v) is 5.21. The van der Waals surface area contributed by atoms with Gasteiger partial charge in [0.05, 0.1) is 11.0 Å². The SMILES string of the molecule is Cc1ccc(O)c2c1[C@]13CCN(C)[C@H](C)[C@]1(O)CC=C(OC(=O)[C@H](C)O)[C@@H]3O2. The maximum Gasteiger partial charge on any atom is 0.339 e. The number of fused-ring (bicyclic) bond motifs is 1. The van der Waals surface area contributed by atoms with E-state index < -0.39 is 29.2 Å². The van der Waals surface area contributed by atoms with Gasteiger partial charge in [-0.3, -0.25) is 0 Å². The number of phenols is 1. The van der Waals surface area contributed by atoms with Crippen molar-refractivity contribution < 1.29 is 29.6 Å². The minimum absolute atomic E-state index is 0.000455. The Kier molecular flexibility index (Phi) is 4.26. The molecule has 7 heteroatoms. The number of benzene rings is 1. The second-order valence-corrected chi connectivity index (χ2v) is 8.31. The molecule has 3 N–H and O–H groups in total. The fraction of sp³-hybridized carbons (Fsp3) is 0.571. The number of hydrogen-bond acceptors (Lipinski definition) is 7. The summed E-state index contributed by atoms with van der Waals surface area (Å²) >= 11 is 0.